The van der Waals surface area contributed by atoms with Crippen LogP contribution in [0.25, 0.3) is 0 Å². The molecule has 37 heavy (non-hydrogen) atoms. The molecule has 2 aromatic carbocycles. The van der Waals surface area contributed by atoms with Gasteiger partial charge in [-0.25, -0.2) is 0 Å². The van der Waals surface area contributed by atoms with Gasteiger partial charge in [-0.05, 0) is 0 Å². The number of rotatable bonds is 10. The molecule has 0 radical (unpaired) electrons. The van der Waals surface area contributed by atoms with E-state index in [1.807, 2.05) is 36.4 Å². The highest BCUT2D eigenvalue weighted by molar-refractivity contribution is 5.17. The fourth-order valence-corrected chi connectivity index (χ4v) is 4.35. The monoisotopic (exact) mass is 521 g/mol. The Labute approximate surface area is 214 Å². The molecule has 0 bridgehead atoms. The number of hydrogen-bond acceptors (Lipinski definition) is 11. The molecule has 204 valence electrons. The van der Waals surface area contributed by atoms with Gasteiger partial charge in [0.15, 0.2) is 12.6 Å². The average molecular weight is 522 g/mol. The lowest BCUT2D eigenvalue weighted by Gasteiger charge is -2.38. The van der Waals surface area contributed by atoms with E-state index in [2.05, 4.69) is 5.32 Å². The topological polar surface area (TPSA) is 170 Å². The third-order valence-corrected chi connectivity index (χ3v) is 6.47. The van der Waals surface area contributed by atoms with Gasteiger partial charge in [0.25, 0.3) is 0 Å². The molecule has 2 fully saturated rings. The smallest absolute Gasteiger partial charge is 0.184 e. The third-order valence-electron chi connectivity index (χ3n) is 6.47. The highest BCUT2D eigenvalue weighted by atomic mass is 16.7. The predicted octanol–water partition coefficient (Wildman–Crippen LogP) is -1.03. The van der Waals surface area contributed by atoms with Gasteiger partial charge in [-0.1, -0.05) is 60.7 Å². The van der Waals surface area contributed by atoms with Crippen molar-refractivity contribution in [3.63, 3.8) is 0 Å². The van der Waals surface area contributed by atoms with Crippen LogP contribution >= 0.6 is 0 Å². The van der Waals surface area contributed by atoms with Gasteiger partial charge in [0.2, 0.25) is 0 Å². The predicted molar refractivity (Wildman–Crippen MR) is 129 cm³/mol. The van der Waals surface area contributed by atoms with Crippen LogP contribution in [-0.4, -0.2) is 106 Å². The van der Waals surface area contributed by atoms with Crippen molar-refractivity contribution in [2.45, 2.75) is 61.4 Å². The number of benzene rings is 2. The number of aliphatic hydroxyl groups is 6. The van der Waals surface area contributed by atoms with Gasteiger partial charge >= 0.3 is 0 Å². The van der Waals surface area contributed by atoms with Crippen molar-refractivity contribution in [2.24, 2.45) is 0 Å². The molecule has 2 heterocycles. The minimum Gasteiger partial charge on any atom is -0.389 e. The molecular weight excluding hydrogens is 486 g/mol. The van der Waals surface area contributed by atoms with Crippen molar-refractivity contribution >= 4 is 0 Å². The number of ether oxygens (including phenoxy) is 4. The quantitative estimate of drug-likeness (QED) is 0.204. The average Bonchev–Trinajstić information content (AvgIpc) is 2.93. The molecular formula is C26H35NO10. The first-order valence-electron chi connectivity index (χ1n) is 12.3. The van der Waals surface area contributed by atoms with Crippen LogP contribution in [0.4, 0.5) is 0 Å². The molecule has 11 nitrogen and oxygen atoms in total. The maximum atomic E-state index is 10.6. The molecule has 10 atom stereocenters. The summed E-state index contributed by atoms with van der Waals surface area (Å²) < 4.78 is 22.4. The van der Waals surface area contributed by atoms with E-state index in [1.165, 1.54) is 0 Å². The Hall–Kier alpha value is -2.00. The number of hydrogen-bond donors (Lipinski definition) is 7. The normalized spacial score (nSPS) is 31.8. The van der Waals surface area contributed by atoms with E-state index in [0.717, 1.165) is 0 Å². The van der Waals surface area contributed by atoms with E-state index in [4.69, 9.17) is 18.9 Å². The first-order valence-corrected chi connectivity index (χ1v) is 12.3. The summed E-state index contributed by atoms with van der Waals surface area (Å²) in [6, 6.07) is 18.1. The molecule has 7 N–H and O–H groups in total. The van der Waals surface area contributed by atoms with E-state index in [1.54, 1.807) is 24.3 Å². The zero-order chi connectivity index (χ0) is 26.4. The first kappa shape index (κ1) is 28.0. The Bertz CT molecular complexity index is 862. The van der Waals surface area contributed by atoms with Crippen LogP contribution in [0.1, 0.15) is 23.7 Å². The fraction of sp³-hybridized carbons (Fsp3) is 0.538. The minimum atomic E-state index is -1.45. The lowest BCUT2D eigenvalue weighted by molar-refractivity contribution is -0.283. The first-order chi connectivity index (χ1) is 17.8. The van der Waals surface area contributed by atoms with E-state index in [0.29, 0.717) is 11.1 Å². The summed E-state index contributed by atoms with van der Waals surface area (Å²) in [6.45, 7) is -0.496. The Kier molecular flexibility index (Phi) is 9.98. The van der Waals surface area contributed by atoms with Crippen LogP contribution in [0.15, 0.2) is 60.7 Å². The molecule has 11 heteroatoms. The Morgan fingerprint density at radius 1 is 0.649 bits per heavy atom. The Morgan fingerprint density at radius 3 is 1.41 bits per heavy atom. The van der Waals surface area contributed by atoms with Crippen LogP contribution in [0.2, 0.25) is 0 Å². The maximum absolute atomic E-state index is 10.6. The highest BCUT2D eigenvalue weighted by Crippen LogP contribution is 2.30. The number of aliphatic hydroxyl groups excluding tert-OH is 6. The summed E-state index contributed by atoms with van der Waals surface area (Å²) in [7, 11) is 0. The summed E-state index contributed by atoms with van der Waals surface area (Å²) in [5, 5.41) is 65.5. The lowest BCUT2D eigenvalue weighted by Crippen LogP contribution is -2.55. The van der Waals surface area contributed by atoms with Crippen molar-refractivity contribution < 1.29 is 49.6 Å². The molecule has 0 aliphatic carbocycles. The molecule has 0 spiro atoms. The van der Waals surface area contributed by atoms with Crippen LogP contribution in [0.5, 0.6) is 0 Å². The van der Waals surface area contributed by atoms with E-state index in [-0.39, 0.29) is 26.3 Å². The third kappa shape index (κ3) is 7.11. The SMILES string of the molecule is O[C@@H]([C@@H]1OC(c2ccccc2)OC[C@H]1O)[C@@H](O)CNC[C@H](O)[C@@H](O)[C@@H]1OC(c2ccccc2)OC[C@H]1O. The van der Waals surface area contributed by atoms with Crippen molar-refractivity contribution in [3.8, 4) is 0 Å². The van der Waals surface area contributed by atoms with Crippen molar-refractivity contribution in [2.75, 3.05) is 26.3 Å². The van der Waals surface area contributed by atoms with E-state index >= 15 is 0 Å². The molecule has 2 aliphatic heterocycles. The van der Waals surface area contributed by atoms with Crippen molar-refractivity contribution in [1.82, 2.24) is 5.32 Å². The summed E-state index contributed by atoms with van der Waals surface area (Å²) >= 11 is 0. The molecule has 2 saturated heterocycles. The molecule has 0 amide bonds. The highest BCUT2D eigenvalue weighted by Gasteiger charge is 2.41. The fourth-order valence-electron chi connectivity index (χ4n) is 4.35. The van der Waals surface area contributed by atoms with Crippen molar-refractivity contribution in [3.05, 3.63) is 71.8 Å². The van der Waals surface area contributed by atoms with Gasteiger partial charge < -0.3 is 54.9 Å². The molecule has 2 aromatic rings. The van der Waals surface area contributed by atoms with Gasteiger partial charge in [-0.15, -0.1) is 0 Å². The molecule has 2 unspecified atom stereocenters. The van der Waals surface area contributed by atoms with Crippen LogP contribution in [0.3, 0.4) is 0 Å². The molecule has 2 aliphatic rings. The second kappa shape index (κ2) is 13.2. The largest absolute Gasteiger partial charge is 0.389 e. The van der Waals surface area contributed by atoms with Gasteiger partial charge in [0, 0.05) is 24.2 Å². The zero-order valence-corrected chi connectivity index (χ0v) is 20.2. The molecule has 0 saturated carbocycles. The summed E-state index contributed by atoms with van der Waals surface area (Å²) in [4.78, 5) is 0. The van der Waals surface area contributed by atoms with E-state index < -0.39 is 61.4 Å². The number of nitrogens with one attached hydrogen (secondary N) is 1. The Morgan fingerprint density at radius 2 is 1.03 bits per heavy atom. The molecule has 0 aromatic heterocycles. The van der Waals surface area contributed by atoms with Gasteiger partial charge in [-0.2, -0.15) is 0 Å². The summed E-state index contributed by atoms with van der Waals surface area (Å²) in [5.41, 5.74) is 1.42. The Balaban J connectivity index is 1.25. The maximum Gasteiger partial charge on any atom is 0.184 e. The van der Waals surface area contributed by atoms with E-state index in [9.17, 15) is 30.6 Å². The van der Waals surface area contributed by atoms with Gasteiger partial charge in [-0.3, -0.25) is 0 Å². The summed E-state index contributed by atoms with van der Waals surface area (Å²) in [6.07, 6.45) is -11.7. The standard InChI is InChI=1S/C26H35NO10/c28-17(21(32)23-19(30)13-34-25(36-23)15-7-3-1-4-8-15)11-27-12-18(29)22(33)24-20(31)14-35-26(37-24)16-9-5-2-6-10-16/h1-10,17-33H,11-14H2/t17-,18-,19+,20+,21+,22+,23+,24+,25?,26?/m0/s1. The summed E-state index contributed by atoms with van der Waals surface area (Å²) in [5.74, 6) is 0. The molecule has 4 rings (SSSR count). The van der Waals surface area contributed by atoms with Crippen molar-refractivity contribution in [1.29, 1.82) is 0 Å². The lowest BCUT2D eigenvalue weighted by atomic mass is 10.0. The van der Waals surface area contributed by atoms with Gasteiger partial charge in [0.1, 0.15) is 36.6 Å². The van der Waals surface area contributed by atoms with Crippen LogP contribution in [0, 0.1) is 0 Å². The second-order valence-electron chi connectivity index (χ2n) is 9.26. The van der Waals surface area contributed by atoms with Crippen LogP contribution in [-0.2, 0) is 18.9 Å². The second-order valence-corrected chi connectivity index (χ2v) is 9.26. The zero-order valence-electron chi connectivity index (χ0n) is 20.2. The minimum absolute atomic E-state index is 0.0796. The van der Waals surface area contributed by atoms with Gasteiger partial charge in [0.05, 0.1) is 25.4 Å². The van der Waals surface area contributed by atoms with Crippen LogP contribution < -0.4 is 5.32 Å².